The quantitative estimate of drug-likeness (QED) is 0.155. The van der Waals surface area contributed by atoms with Gasteiger partial charge in [0.1, 0.15) is 37.8 Å². The monoisotopic (exact) mass is 566 g/mol. The van der Waals surface area contributed by atoms with Crippen LogP contribution in [0.5, 0.6) is 11.5 Å². The highest BCUT2D eigenvalue weighted by Crippen LogP contribution is 2.15. The van der Waals surface area contributed by atoms with Gasteiger partial charge in [0.15, 0.2) is 0 Å². The van der Waals surface area contributed by atoms with Crippen molar-refractivity contribution in [3.05, 3.63) is 95.1 Å². The molecule has 42 heavy (non-hydrogen) atoms. The normalized spacial score (nSPS) is 11.2. The maximum atomic E-state index is 6.01. The summed E-state index contributed by atoms with van der Waals surface area (Å²) < 4.78 is 14.2. The number of hydrogen-bond donors (Lipinski definition) is 0. The summed E-state index contributed by atoms with van der Waals surface area (Å²) in [4.78, 5) is 0. The van der Waals surface area contributed by atoms with Gasteiger partial charge in [0.2, 0.25) is 0 Å². The van der Waals surface area contributed by atoms with Crippen molar-refractivity contribution >= 4 is 0 Å². The summed E-state index contributed by atoms with van der Waals surface area (Å²) in [7, 11) is 0. The molecule has 3 rings (SSSR count). The van der Waals surface area contributed by atoms with E-state index in [9.17, 15) is 0 Å². The molecule has 4 nitrogen and oxygen atoms in total. The average molecular weight is 567 g/mol. The highest BCUT2D eigenvalue weighted by molar-refractivity contribution is 5.48. The minimum Gasteiger partial charge on any atom is -0.488 e. The molecule has 0 heterocycles. The maximum absolute atomic E-state index is 6.01. The summed E-state index contributed by atoms with van der Waals surface area (Å²) in [6, 6.07) is 24.2. The molecular formula is C38H50N2O2+2. The fourth-order valence-electron chi connectivity index (χ4n) is 5.20. The molecule has 3 aromatic rings. The lowest BCUT2D eigenvalue weighted by Crippen LogP contribution is -2.49. The summed E-state index contributed by atoms with van der Waals surface area (Å²) in [5, 5.41) is 0. The number of quaternary nitrogens is 2. The van der Waals surface area contributed by atoms with Crippen LogP contribution in [0.25, 0.3) is 0 Å². The van der Waals surface area contributed by atoms with Gasteiger partial charge in [0.25, 0.3) is 0 Å². The van der Waals surface area contributed by atoms with E-state index in [1.807, 2.05) is 72.8 Å². The molecule has 0 N–H and O–H groups in total. The molecule has 3 aromatic carbocycles. The average Bonchev–Trinajstić information content (AvgIpc) is 3.05. The summed E-state index contributed by atoms with van der Waals surface area (Å²) in [6.07, 6.45) is 0. The summed E-state index contributed by atoms with van der Waals surface area (Å²) >= 11 is 0. The highest BCUT2D eigenvalue weighted by atomic mass is 16.5. The predicted octanol–water partition coefficient (Wildman–Crippen LogP) is 7.00. The Bertz CT molecular complexity index is 1210. The lowest BCUT2D eigenvalue weighted by atomic mass is 10.1. The minimum absolute atomic E-state index is 0.729. The first-order chi connectivity index (χ1) is 20.4. The first-order valence-corrected chi connectivity index (χ1v) is 15.7. The minimum atomic E-state index is 0.729. The topological polar surface area (TPSA) is 18.5 Å². The van der Waals surface area contributed by atoms with E-state index in [0.29, 0.717) is 0 Å². The van der Waals surface area contributed by atoms with Crippen molar-refractivity contribution in [2.75, 3.05) is 65.6 Å². The van der Waals surface area contributed by atoms with Crippen LogP contribution >= 0.6 is 0 Å². The van der Waals surface area contributed by atoms with Crippen molar-refractivity contribution in [2.24, 2.45) is 0 Å². The van der Waals surface area contributed by atoms with Crippen LogP contribution in [0.2, 0.25) is 0 Å². The van der Waals surface area contributed by atoms with Gasteiger partial charge < -0.3 is 18.4 Å². The molecule has 0 radical (unpaired) electrons. The van der Waals surface area contributed by atoms with Crippen LogP contribution in [0.15, 0.2) is 72.8 Å². The zero-order chi connectivity index (χ0) is 30.3. The van der Waals surface area contributed by atoms with Gasteiger partial charge in [-0.05, 0) is 114 Å². The second kappa shape index (κ2) is 16.7. The lowest BCUT2D eigenvalue weighted by molar-refractivity contribution is -0.923. The number of benzene rings is 3. The van der Waals surface area contributed by atoms with Crippen LogP contribution in [-0.2, 0) is 0 Å². The third-order valence-electron chi connectivity index (χ3n) is 8.99. The smallest absolute Gasteiger partial charge is 0.137 e. The van der Waals surface area contributed by atoms with Gasteiger partial charge >= 0.3 is 0 Å². The Labute approximate surface area is 255 Å². The Morgan fingerprint density at radius 2 is 0.643 bits per heavy atom. The fraction of sp³-hybridized carbons (Fsp3) is 0.421. The van der Waals surface area contributed by atoms with Crippen LogP contribution in [0.1, 0.15) is 63.8 Å². The lowest BCUT2D eigenvalue weighted by Gasteiger charge is -2.35. The van der Waals surface area contributed by atoms with E-state index in [1.54, 1.807) is 0 Å². The second-order valence-electron chi connectivity index (χ2n) is 10.9. The summed E-state index contributed by atoms with van der Waals surface area (Å²) in [5.74, 6) is 14.8. The molecule has 0 saturated carbocycles. The predicted molar refractivity (Wildman–Crippen MR) is 176 cm³/mol. The molecule has 0 aliphatic rings. The SMILES string of the molecule is CC[N+](CC)(CC)CCOc1ccc(C#Cc2ccc(C#Cc3ccc(OCC[N+](CC)(CC)CC)cc3)cc2)cc1. The zero-order valence-electron chi connectivity index (χ0n) is 26.7. The van der Waals surface area contributed by atoms with Crippen molar-refractivity contribution in [3.63, 3.8) is 0 Å². The highest BCUT2D eigenvalue weighted by Gasteiger charge is 2.21. The van der Waals surface area contributed by atoms with Gasteiger partial charge in [0, 0.05) is 22.3 Å². The molecule has 0 aliphatic heterocycles. The van der Waals surface area contributed by atoms with Crippen LogP contribution in [0, 0.1) is 23.7 Å². The molecule has 222 valence electrons. The molecule has 0 unspecified atom stereocenters. The van der Waals surface area contributed by atoms with Crippen LogP contribution in [-0.4, -0.2) is 74.5 Å². The van der Waals surface area contributed by atoms with E-state index in [0.717, 1.165) is 108 Å². The first kappa shape index (κ1) is 32.8. The molecule has 0 aromatic heterocycles. The van der Waals surface area contributed by atoms with E-state index < -0.39 is 0 Å². The van der Waals surface area contributed by atoms with Crippen LogP contribution < -0.4 is 9.47 Å². The van der Waals surface area contributed by atoms with Crippen LogP contribution in [0.3, 0.4) is 0 Å². The van der Waals surface area contributed by atoms with Gasteiger partial charge in [-0.1, -0.05) is 23.7 Å². The molecular weight excluding hydrogens is 516 g/mol. The molecule has 0 bridgehead atoms. The van der Waals surface area contributed by atoms with Crippen molar-refractivity contribution in [1.82, 2.24) is 0 Å². The van der Waals surface area contributed by atoms with Crippen molar-refractivity contribution in [2.45, 2.75) is 41.5 Å². The number of hydrogen-bond acceptors (Lipinski definition) is 2. The molecule has 4 heteroatoms. The zero-order valence-corrected chi connectivity index (χ0v) is 26.7. The Kier molecular flexibility index (Phi) is 13.0. The van der Waals surface area contributed by atoms with Gasteiger partial charge in [-0.3, -0.25) is 0 Å². The molecule has 0 spiro atoms. The number of ether oxygens (including phenoxy) is 2. The molecule has 0 fully saturated rings. The standard InChI is InChI=1S/C38H50N2O2/c1-7-39(8-2,9-3)29-31-41-37-25-21-35(22-26-37)19-17-33-13-15-34(16-14-33)18-20-36-23-27-38(28-24-36)42-32-30-40(10-4,11-5)12-6/h13-16,21-28H,7-12,29-32H2,1-6H3/q+2. The van der Waals surface area contributed by atoms with E-state index in [1.165, 1.54) is 0 Å². The molecule has 0 saturated heterocycles. The maximum Gasteiger partial charge on any atom is 0.137 e. The Hall–Kier alpha value is -3.70. The largest absolute Gasteiger partial charge is 0.488 e. The van der Waals surface area contributed by atoms with E-state index >= 15 is 0 Å². The van der Waals surface area contributed by atoms with Gasteiger partial charge in [0.05, 0.1) is 39.3 Å². The van der Waals surface area contributed by atoms with Crippen molar-refractivity contribution in [3.8, 4) is 35.2 Å². The fourth-order valence-corrected chi connectivity index (χ4v) is 5.20. The van der Waals surface area contributed by atoms with Gasteiger partial charge in [-0.15, -0.1) is 0 Å². The number of rotatable bonds is 14. The van der Waals surface area contributed by atoms with Crippen molar-refractivity contribution < 1.29 is 18.4 Å². The van der Waals surface area contributed by atoms with E-state index in [-0.39, 0.29) is 0 Å². The summed E-state index contributed by atoms with van der Waals surface area (Å²) in [6.45, 7) is 23.9. The van der Waals surface area contributed by atoms with Gasteiger partial charge in [-0.2, -0.15) is 0 Å². The van der Waals surface area contributed by atoms with E-state index in [4.69, 9.17) is 9.47 Å². The Morgan fingerprint density at radius 3 is 0.881 bits per heavy atom. The molecule has 0 atom stereocenters. The third kappa shape index (κ3) is 9.70. The summed E-state index contributed by atoms with van der Waals surface area (Å²) in [5.41, 5.74) is 3.87. The molecule has 0 aliphatic carbocycles. The second-order valence-corrected chi connectivity index (χ2v) is 10.9. The first-order valence-electron chi connectivity index (χ1n) is 15.7. The third-order valence-corrected chi connectivity index (χ3v) is 8.99. The number of likely N-dealkylation sites (N-methyl/N-ethyl adjacent to an activating group) is 2. The van der Waals surface area contributed by atoms with Crippen LogP contribution in [0.4, 0.5) is 0 Å². The van der Waals surface area contributed by atoms with Gasteiger partial charge in [-0.25, -0.2) is 0 Å². The van der Waals surface area contributed by atoms with Crippen molar-refractivity contribution in [1.29, 1.82) is 0 Å². The van der Waals surface area contributed by atoms with E-state index in [2.05, 4.69) is 65.2 Å². The number of nitrogens with zero attached hydrogens (tertiary/aromatic N) is 2. The Balaban J connectivity index is 1.49. The Morgan fingerprint density at radius 1 is 0.405 bits per heavy atom. The molecule has 0 amide bonds.